The van der Waals surface area contributed by atoms with E-state index in [1.165, 1.54) is 12.1 Å². The number of rotatable bonds is 5. The van der Waals surface area contributed by atoms with E-state index in [9.17, 15) is 13.2 Å². The quantitative estimate of drug-likeness (QED) is 0.671. The molecule has 112 valence electrons. The van der Waals surface area contributed by atoms with Gasteiger partial charge in [-0.05, 0) is 32.0 Å². The largest absolute Gasteiger partial charge is 0.399 e. The molecule has 1 rings (SSSR count). The molecule has 0 saturated heterocycles. The summed E-state index contributed by atoms with van der Waals surface area (Å²) < 4.78 is 22.7. The number of nitrogens with one attached hydrogen (secondary N) is 1. The Morgan fingerprint density at radius 3 is 2.50 bits per heavy atom. The van der Waals surface area contributed by atoms with Crippen molar-refractivity contribution in [3.8, 4) is 0 Å². The highest BCUT2D eigenvalue weighted by atomic mass is 32.2. The van der Waals surface area contributed by atoms with E-state index in [2.05, 4.69) is 5.32 Å². The molecule has 0 bridgehead atoms. The fourth-order valence-corrected chi connectivity index (χ4v) is 2.26. The minimum atomic E-state index is -3.84. The first-order chi connectivity index (χ1) is 9.15. The molecule has 1 aromatic carbocycles. The molecule has 8 heteroatoms. The van der Waals surface area contributed by atoms with Crippen molar-refractivity contribution in [2.45, 2.75) is 24.8 Å². The number of anilines is 2. The van der Waals surface area contributed by atoms with Gasteiger partial charge in [0.25, 0.3) is 0 Å². The van der Waals surface area contributed by atoms with Gasteiger partial charge in [-0.3, -0.25) is 4.79 Å². The molecule has 1 aromatic rings. The predicted molar refractivity (Wildman–Crippen MR) is 78.6 cm³/mol. The number of hydrogen-bond donors (Lipinski definition) is 3. The number of primary sulfonamides is 1. The normalized spacial score (nSPS) is 12.8. The molecule has 0 fully saturated rings. The average Bonchev–Trinajstić information content (AvgIpc) is 2.35. The second-order valence-electron chi connectivity index (χ2n) is 4.55. The van der Waals surface area contributed by atoms with Crippen LogP contribution in [0.15, 0.2) is 23.1 Å². The average molecular weight is 300 g/mol. The monoisotopic (exact) mass is 300 g/mol. The minimum absolute atomic E-state index is 0.0940. The van der Waals surface area contributed by atoms with Crippen LogP contribution in [0.4, 0.5) is 11.4 Å². The van der Waals surface area contributed by atoms with Crippen LogP contribution in [0, 0.1) is 0 Å². The topological polar surface area (TPSA) is 119 Å². The summed E-state index contributed by atoms with van der Waals surface area (Å²) in [6.45, 7) is 4.14. The van der Waals surface area contributed by atoms with Crippen molar-refractivity contribution in [1.82, 2.24) is 4.90 Å². The molecule has 0 spiro atoms. The van der Waals surface area contributed by atoms with Gasteiger partial charge in [-0.1, -0.05) is 0 Å². The van der Waals surface area contributed by atoms with Crippen molar-refractivity contribution in [2.24, 2.45) is 5.14 Å². The van der Waals surface area contributed by atoms with Gasteiger partial charge in [0.05, 0.1) is 4.90 Å². The van der Waals surface area contributed by atoms with Crippen LogP contribution in [0.25, 0.3) is 0 Å². The highest BCUT2D eigenvalue weighted by Gasteiger charge is 2.17. The van der Waals surface area contributed by atoms with Crippen LogP contribution in [0.1, 0.15) is 13.8 Å². The summed E-state index contributed by atoms with van der Waals surface area (Å²) >= 11 is 0. The molecule has 0 radical (unpaired) electrons. The second-order valence-corrected chi connectivity index (χ2v) is 6.12. The second kappa shape index (κ2) is 6.10. The number of hydrogen-bond acceptors (Lipinski definition) is 5. The summed E-state index contributed by atoms with van der Waals surface area (Å²) in [5.74, 6) is -0.105. The van der Waals surface area contributed by atoms with E-state index >= 15 is 0 Å². The minimum Gasteiger partial charge on any atom is -0.399 e. The first-order valence-corrected chi connectivity index (χ1v) is 7.64. The number of sulfonamides is 1. The molecule has 20 heavy (non-hydrogen) atoms. The third-order valence-corrected chi connectivity index (χ3v) is 3.75. The maximum Gasteiger partial charge on any atom is 0.244 e. The first kappa shape index (κ1) is 16.3. The number of benzene rings is 1. The molecule has 0 aromatic heterocycles. The number of likely N-dealkylation sites (N-methyl/N-ethyl adjacent to an activating group) is 1. The maximum atomic E-state index is 11.9. The fraction of sp³-hybridized carbons (Fsp3) is 0.417. The third-order valence-electron chi connectivity index (χ3n) is 2.86. The molecule has 0 aliphatic rings. The van der Waals surface area contributed by atoms with Gasteiger partial charge in [-0.25, -0.2) is 13.6 Å². The Hall–Kier alpha value is -1.80. The molecule has 0 heterocycles. The van der Waals surface area contributed by atoms with Crippen LogP contribution < -0.4 is 16.2 Å². The van der Waals surface area contributed by atoms with Gasteiger partial charge in [0.2, 0.25) is 15.9 Å². The lowest BCUT2D eigenvalue weighted by Gasteiger charge is -2.21. The highest BCUT2D eigenvalue weighted by molar-refractivity contribution is 7.89. The van der Waals surface area contributed by atoms with Gasteiger partial charge in [0.15, 0.2) is 0 Å². The van der Waals surface area contributed by atoms with Gasteiger partial charge in [-0.2, -0.15) is 0 Å². The van der Waals surface area contributed by atoms with Crippen molar-refractivity contribution in [3.05, 3.63) is 18.2 Å². The highest BCUT2D eigenvalue weighted by Crippen LogP contribution is 2.20. The zero-order valence-corrected chi connectivity index (χ0v) is 12.6. The number of nitrogen functional groups attached to an aromatic ring is 1. The predicted octanol–water partition coefficient (Wildman–Crippen LogP) is 0.195. The maximum absolute atomic E-state index is 11.9. The Labute approximate surface area is 119 Å². The SMILES string of the molecule is CCN(C)C(=O)C(C)Nc1cc(N)cc(S(N)(=O)=O)c1. The summed E-state index contributed by atoms with van der Waals surface area (Å²) in [4.78, 5) is 13.4. The van der Waals surface area contributed by atoms with Crippen LogP contribution in [-0.2, 0) is 14.8 Å². The molecule has 5 N–H and O–H groups in total. The Bertz CT molecular complexity index is 601. The summed E-state index contributed by atoms with van der Waals surface area (Å²) in [6.07, 6.45) is 0. The molecule has 0 aliphatic carbocycles. The Balaban J connectivity index is 2.99. The summed E-state index contributed by atoms with van der Waals surface area (Å²) in [6, 6.07) is 3.66. The molecule has 7 nitrogen and oxygen atoms in total. The Morgan fingerprint density at radius 2 is 2.00 bits per heavy atom. The number of nitrogens with zero attached hydrogens (tertiary/aromatic N) is 1. The lowest BCUT2D eigenvalue weighted by Crippen LogP contribution is -2.38. The van der Waals surface area contributed by atoms with Crippen LogP contribution in [0.2, 0.25) is 0 Å². The van der Waals surface area contributed by atoms with E-state index in [1.54, 1.807) is 24.9 Å². The third kappa shape index (κ3) is 4.10. The van der Waals surface area contributed by atoms with Crippen LogP contribution in [0.5, 0.6) is 0 Å². The number of nitrogens with two attached hydrogens (primary N) is 2. The standard InChI is InChI=1S/C12H20N4O3S/c1-4-16(3)12(17)8(2)15-10-5-9(13)6-11(7-10)20(14,18)19/h5-8,15H,4,13H2,1-3H3,(H2,14,18,19). The Morgan fingerprint density at radius 1 is 1.40 bits per heavy atom. The first-order valence-electron chi connectivity index (χ1n) is 6.10. The van der Waals surface area contributed by atoms with Crippen molar-refractivity contribution < 1.29 is 13.2 Å². The van der Waals surface area contributed by atoms with Crippen molar-refractivity contribution >= 4 is 27.3 Å². The van der Waals surface area contributed by atoms with Gasteiger partial charge in [0.1, 0.15) is 6.04 Å². The molecule has 1 atom stereocenters. The summed E-state index contributed by atoms with van der Waals surface area (Å²) in [5, 5.41) is 7.99. The zero-order valence-electron chi connectivity index (χ0n) is 11.8. The smallest absolute Gasteiger partial charge is 0.244 e. The van der Waals surface area contributed by atoms with E-state index in [4.69, 9.17) is 10.9 Å². The van der Waals surface area contributed by atoms with Crippen LogP contribution in [0.3, 0.4) is 0 Å². The van der Waals surface area contributed by atoms with Gasteiger partial charge < -0.3 is 16.0 Å². The molecular formula is C12H20N4O3S. The lowest BCUT2D eigenvalue weighted by atomic mass is 10.2. The van der Waals surface area contributed by atoms with Gasteiger partial charge in [-0.15, -0.1) is 0 Å². The molecule has 1 amide bonds. The van der Waals surface area contributed by atoms with Crippen molar-refractivity contribution in [2.75, 3.05) is 24.6 Å². The zero-order chi connectivity index (χ0) is 15.5. The van der Waals surface area contributed by atoms with Gasteiger partial charge in [0, 0.05) is 25.0 Å². The molecule has 0 saturated carbocycles. The molecule has 1 unspecified atom stereocenters. The van der Waals surface area contributed by atoms with Crippen molar-refractivity contribution in [3.63, 3.8) is 0 Å². The van der Waals surface area contributed by atoms with E-state index in [0.29, 0.717) is 12.2 Å². The lowest BCUT2D eigenvalue weighted by molar-refractivity contribution is -0.130. The molecular weight excluding hydrogens is 280 g/mol. The number of carbonyl (C=O) groups excluding carboxylic acids is 1. The fourth-order valence-electron chi connectivity index (χ4n) is 1.67. The Kier molecular flexibility index (Phi) is 4.96. The summed E-state index contributed by atoms with van der Waals surface area (Å²) in [7, 11) is -2.15. The molecule has 0 aliphatic heterocycles. The van der Waals surface area contributed by atoms with Crippen molar-refractivity contribution in [1.29, 1.82) is 0 Å². The number of carbonyl (C=O) groups is 1. The number of amides is 1. The van der Waals surface area contributed by atoms with Crippen LogP contribution >= 0.6 is 0 Å². The van der Waals surface area contributed by atoms with E-state index in [0.717, 1.165) is 0 Å². The van der Waals surface area contributed by atoms with E-state index < -0.39 is 16.1 Å². The van der Waals surface area contributed by atoms with Crippen LogP contribution in [-0.4, -0.2) is 38.9 Å². The van der Waals surface area contributed by atoms with Gasteiger partial charge >= 0.3 is 0 Å². The van der Waals surface area contributed by atoms with E-state index in [1.807, 2.05) is 6.92 Å². The summed E-state index contributed by atoms with van der Waals surface area (Å²) in [5.41, 5.74) is 6.32. The van der Waals surface area contributed by atoms with E-state index in [-0.39, 0.29) is 16.5 Å².